The van der Waals surface area contributed by atoms with Crippen molar-refractivity contribution in [2.24, 2.45) is 5.92 Å². The predicted octanol–water partition coefficient (Wildman–Crippen LogP) is 5.08. The van der Waals surface area contributed by atoms with E-state index in [1.165, 1.54) is 11.1 Å². The van der Waals surface area contributed by atoms with E-state index in [4.69, 9.17) is 4.74 Å². The van der Waals surface area contributed by atoms with Crippen LogP contribution < -0.4 is 0 Å². The number of fused-ring (bicyclic) bond motifs is 3. The van der Waals surface area contributed by atoms with Crippen molar-refractivity contribution < 1.29 is 19.4 Å². The molecule has 2 aliphatic rings. The third kappa shape index (κ3) is 3.46. The van der Waals surface area contributed by atoms with Crippen LogP contribution in [0.25, 0.3) is 11.1 Å². The van der Waals surface area contributed by atoms with Crippen molar-refractivity contribution >= 4 is 12.1 Å². The number of carbonyl (C=O) groups is 2. The molecule has 31 heavy (non-hydrogen) atoms. The van der Waals surface area contributed by atoms with Crippen LogP contribution in [-0.4, -0.2) is 35.2 Å². The Morgan fingerprint density at radius 3 is 2.06 bits per heavy atom. The number of carboxylic acids is 1. The highest BCUT2D eigenvalue weighted by Crippen LogP contribution is 2.45. The van der Waals surface area contributed by atoms with Crippen LogP contribution in [0.15, 0.2) is 78.9 Å². The lowest BCUT2D eigenvalue weighted by molar-refractivity contribution is -0.141. The SMILES string of the molecule is O=C(O)C1CC(c2ccccc2)N(C(=O)OCC2c3ccccc3-c3ccccc32)C1. The van der Waals surface area contributed by atoms with E-state index in [0.717, 1.165) is 16.7 Å². The van der Waals surface area contributed by atoms with Gasteiger partial charge >= 0.3 is 12.1 Å². The van der Waals surface area contributed by atoms with Gasteiger partial charge in [0.1, 0.15) is 6.61 Å². The lowest BCUT2D eigenvalue weighted by Crippen LogP contribution is -2.33. The Morgan fingerprint density at radius 2 is 1.45 bits per heavy atom. The molecule has 156 valence electrons. The van der Waals surface area contributed by atoms with Crippen LogP contribution in [0.4, 0.5) is 4.79 Å². The molecule has 5 heteroatoms. The highest BCUT2D eigenvalue weighted by Gasteiger charge is 2.41. The summed E-state index contributed by atoms with van der Waals surface area (Å²) in [6.45, 7) is 0.383. The van der Waals surface area contributed by atoms with Crippen LogP contribution in [0.5, 0.6) is 0 Å². The molecule has 1 aliphatic heterocycles. The summed E-state index contributed by atoms with van der Waals surface area (Å²) in [4.78, 5) is 26.3. The van der Waals surface area contributed by atoms with Crippen molar-refractivity contribution in [3.63, 3.8) is 0 Å². The summed E-state index contributed by atoms with van der Waals surface area (Å²) in [5.41, 5.74) is 5.59. The Labute approximate surface area is 180 Å². The molecule has 0 bridgehead atoms. The van der Waals surface area contributed by atoms with Gasteiger partial charge in [0.15, 0.2) is 0 Å². The predicted molar refractivity (Wildman–Crippen MR) is 117 cm³/mol. The van der Waals surface area contributed by atoms with Crippen molar-refractivity contribution in [3.8, 4) is 11.1 Å². The highest BCUT2D eigenvalue weighted by molar-refractivity contribution is 5.79. The molecule has 0 aromatic heterocycles. The second kappa shape index (κ2) is 7.91. The maximum Gasteiger partial charge on any atom is 0.410 e. The van der Waals surface area contributed by atoms with Crippen LogP contribution in [0.1, 0.15) is 35.1 Å². The number of aliphatic carboxylic acids is 1. The average Bonchev–Trinajstić information content (AvgIpc) is 3.39. The molecule has 3 aromatic carbocycles. The summed E-state index contributed by atoms with van der Waals surface area (Å²) < 4.78 is 5.80. The lowest BCUT2D eigenvalue weighted by Gasteiger charge is -2.25. The third-order valence-corrected chi connectivity index (χ3v) is 6.41. The lowest BCUT2D eigenvalue weighted by atomic mass is 9.98. The van der Waals surface area contributed by atoms with E-state index in [1.807, 2.05) is 54.6 Å². The van der Waals surface area contributed by atoms with Crippen molar-refractivity contribution in [1.82, 2.24) is 4.90 Å². The van der Waals surface area contributed by atoms with E-state index < -0.39 is 18.0 Å². The van der Waals surface area contributed by atoms with E-state index >= 15 is 0 Å². The first-order valence-corrected chi connectivity index (χ1v) is 10.5. The molecule has 0 radical (unpaired) electrons. The number of carboxylic acid groups (broad SMARTS) is 1. The molecular formula is C26H23NO4. The minimum Gasteiger partial charge on any atom is -0.481 e. The minimum absolute atomic E-state index is 0.0237. The zero-order chi connectivity index (χ0) is 21.4. The third-order valence-electron chi connectivity index (χ3n) is 6.41. The summed E-state index contributed by atoms with van der Waals surface area (Å²) >= 11 is 0. The molecule has 1 amide bonds. The van der Waals surface area contributed by atoms with Crippen LogP contribution in [0, 0.1) is 5.92 Å². The Hall–Kier alpha value is -3.60. The first-order valence-electron chi connectivity index (χ1n) is 10.5. The van der Waals surface area contributed by atoms with Crippen LogP contribution >= 0.6 is 0 Å². The first kappa shape index (κ1) is 19.4. The first-order chi connectivity index (χ1) is 15.1. The summed E-state index contributed by atoms with van der Waals surface area (Å²) in [5.74, 6) is -1.50. The van der Waals surface area contributed by atoms with Gasteiger partial charge in [0.25, 0.3) is 0 Å². The smallest absolute Gasteiger partial charge is 0.410 e. The number of amides is 1. The molecule has 5 rings (SSSR count). The number of benzene rings is 3. The quantitative estimate of drug-likeness (QED) is 0.647. The van der Waals surface area contributed by atoms with Crippen LogP contribution in [-0.2, 0) is 9.53 Å². The van der Waals surface area contributed by atoms with Gasteiger partial charge in [0, 0.05) is 12.5 Å². The highest BCUT2D eigenvalue weighted by atomic mass is 16.6. The Morgan fingerprint density at radius 1 is 0.871 bits per heavy atom. The van der Waals surface area contributed by atoms with Crippen molar-refractivity contribution in [3.05, 3.63) is 95.6 Å². The van der Waals surface area contributed by atoms with E-state index in [0.29, 0.717) is 6.42 Å². The fourth-order valence-electron chi connectivity index (χ4n) is 4.88. The standard InChI is InChI=1S/C26H23NO4/c28-25(29)18-14-24(17-8-2-1-3-9-17)27(15-18)26(30)31-16-23-21-12-6-4-10-19(21)20-11-5-7-13-22(20)23/h1-13,18,23-24H,14-16H2,(H,28,29). The maximum atomic E-state index is 13.1. The summed E-state index contributed by atoms with van der Waals surface area (Å²) in [7, 11) is 0. The molecule has 3 aromatic rings. The number of rotatable bonds is 4. The molecule has 1 heterocycles. The van der Waals surface area contributed by atoms with E-state index in [2.05, 4.69) is 24.3 Å². The largest absolute Gasteiger partial charge is 0.481 e. The van der Waals surface area contributed by atoms with Crippen LogP contribution in [0.2, 0.25) is 0 Å². The van der Waals surface area contributed by atoms with Gasteiger partial charge in [-0.2, -0.15) is 0 Å². The molecule has 0 saturated carbocycles. The van der Waals surface area contributed by atoms with Gasteiger partial charge in [-0.1, -0.05) is 78.9 Å². The molecule has 2 atom stereocenters. The van der Waals surface area contributed by atoms with Crippen molar-refractivity contribution in [2.45, 2.75) is 18.4 Å². The molecular weight excluding hydrogens is 390 g/mol. The fraction of sp³-hybridized carbons (Fsp3) is 0.231. The van der Waals surface area contributed by atoms with Crippen molar-refractivity contribution in [1.29, 1.82) is 0 Å². The molecule has 1 saturated heterocycles. The van der Waals surface area contributed by atoms with Crippen LogP contribution in [0.3, 0.4) is 0 Å². The zero-order valence-corrected chi connectivity index (χ0v) is 17.0. The van der Waals surface area contributed by atoms with Gasteiger partial charge < -0.3 is 14.7 Å². The van der Waals surface area contributed by atoms with Gasteiger partial charge in [-0.15, -0.1) is 0 Å². The molecule has 0 spiro atoms. The topological polar surface area (TPSA) is 66.8 Å². The van der Waals surface area contributed by atoms with Gasteiger partial charge in [0.2, 0.25) is 0 Å². The van der Waals surface area contributed by atoms with E-state index in [-0.39, 0.29) is 25.1 Å². The number of carbonyl (C=O) groups excluding carboxylic acids is 1. The van der Waals surface area contributed by atoms with E-state index in [9.17, 15) is 14.7 Å². The fourth-order valence-corrected chi connectivity index (χ4v) is 4.88. The van der Waals surface area contributed by atoms with E-state index in [1.54, 1.807) is 4.90 Å². The minimum atomic E-state index is -0.880. The summed E-state index contributed by atoms with van der Waals surface area (Å²) in [6.07, 6.45) is -0.0664. The number of hydrogen-bond donors (Lipinski definition) is 1. The zero-order valence-electron chi connectivity index (χ0n) is 17.0. The Kier molecular flexibility index (Phi) is 4.94. The molecule has 1 N–H and O–H groups in total. The normalized spacial score (nSPS) is 19.7. The number of ether oxygens (including phenoxy) is 1. The van der Waals surface area contributed by atoms with Crippen molar-refractivity contribution in [2.75, 3.05) is 13.2 Å². The Balaban J connectivity index is 1.37. The van der Waals surface area contributed by atoms with Gasteiger partial charge in [0.05, 0.1) is 12.0 Å². The molecule has 5 nitrogen and oxygen atoms in total. The second-order valence-corrected chi connectivity index (χ2v) is 8.15. The van der Waals surface area contributed by atoms with Gasteiger partial charge in [-0.3, -0.25) is 4.79 Å². The Bertz CT molecular complexity index is 1080. The molecule has 2 unspecified atom stereocenters. The maximum absolute atomic E-state index is 13.1. The molecule has 1 fully saturated rings. The van der Waals surface area contributed by atoms with Gasteiger partial charge in [-0.05, 0) is 34.2 Å². The second-order valence-electron chi connectivity index (χ2n) is 8.15. The number of nitrogens with zero attached hydrogens (tertiary/aromatic N) is 1. The number of likely N-dealkylation sites (tertiary alicyclic amines) is 1. The summed E-state index contributed by atoms with van der Waals surface area (Å²) in [6, 6.07) is 25.7. The summed E-state index contributed by atoms with van der Waals surface area (Å²) in [5, 5.41) is 9.52. The monoisotopic (exact) mass is 413 g/mol. The van der Waals surface area contributed by atoms with Gasteiger partial charge in [-0.25, -0.2) is 4.79 Å². The number of hydrogen-bond acceptors (Lipinski definition) is 3. The molecule has 1 aliphatic carbocycles. The average molecular weight is 413 g/mol.